The van der Waals surface area contributed by atoms with Crippen LogP contribution in [0.25, 0.3) is 0 Å². The van der Waals surface area contributed by atoms with E-state index in [1.54, 1.807) is 13.8 Å². The normalized spacial score (nSPS) is 16.8. The molecule has 96 valence electrons. The first-order valence-electron chi connectivity index (χ1n) is 5.96. The van der Waals surface area contributed by atoms with Crippen LogP contribution in [0.15, 0.2) is 0 Å². The Bertz CT molecular complexity index is 344. The van der Waals surface area contributed by atoms with E-state index in [0.717, 1.165) is 0 Å². The monoisotopic (exact) mass is 240 g/mol. The van der Waals surface area contributed by atoms with Crippen LogP contribution in [-0.2, 0) is 14.4 Å². The molecule has 17 heavy (non-hydrogen) atoms. The zero-order valence-corrected chi connectivity index (χ0v) is 10.8. The van der Waals surface area contributed by atoms with Gasteiger partial charge in [-0.3, -0.25) is 14.4 Å². The van der Waals surface area contributed by atoms with Gasteiger partial charge in [0.2, 0.25) is 11.7 Å². The summed E-state index contributed by atoms with van der Waals surface area (Å²) in [5.41, 5.74) is -0.841. The predicted molar refractivity (Wildman–Crippen MR) is 63.2 cm³/mol. The molecule has 5 heteroatoms. The summed E-state index contributed by atoms with van der Waals surface area (Å²) in [7, 11) is 0. The minimum Gasteiger partial charge on any atom is -0.352 e. The highest BCUT2D eigenvalue weighted by Crippen LogP contribution is 2.35. The SMILES string of the molecule is CC(C)NC(=O)C1(NC(=O)C(=O)C(C)C)CC1. The molecule has 2 N–H and O–H groups in total. The molecule has 0 aromatic carbocycles. The molecule has 1 fully saturated rings. The van der Waals surface area contributed by atoms with Crippen LogP contribution in [0.5, 0.6) is 0 Å². The van der Waals surface area contributed by atoms with Gasteiger partial charge in [0.05, 0.1) is 0 Å². The first kappa shape index (κ1) is 13.7. The molecule has 5 nitrogen and oxygen atoms in total. The van der Waals surface area contributed by atoms with Crippen molar-refractivity contribution in [1.29, 1.82) is 0 Å². The maximum absolute atomic E-state index is 11.8. The van der Waals surface area contributed by atoms with Gasteiger partial charge in [0, 0.05) is 12.0 Å². The fourth-order valence-electron chi connectivity index (χ4n) is 1.48. The molecular formula is C12H20N2O3. The zero-order chi connectivity index (χ0) is 13.2. The molecule has 0 saturated heterocycles. The van der Waals surface area contributed by atoms with Crippen molar-refractivity contribution in [2.24, 2.45) is 5.92 Å². The molecule has 1 aliphatic carbocycles. The average molecular weight is 240 g/mol. The third-order valence-electron chi connectivity index (χ3n) is 2.71. The van der Waals surface area contributed by atoms with Gasteiger partial charge in [-0.2, -0.15) is 0 Å². The van der Waals surface area contributed by atoms with Crippen LogP contribution in [0.3, 0.4) is 0 Å². The Kier molecular flexibility index (Phi) is 3.91. The molecule has 2 amide bonds. The van der Waals surface area contributed by atoms with Gasteiger partial charge in [-0.25, -0.2) is 0 Å². The number of carbonyl (C=O) groups is 3. The highest BCUT2D eigenvalue weighted by molar-refractivity contribution is 6.37. The maximum Gasteiger partial charge on any atom is 0.288 e. The fraction of sp³-hybridized carbons (Fsp3) is 0.750. The summed E-state index contributed by atoms with van der Waals surface area (Å²) in [6.07, 6.45) is 1.20. The van der Waals surface area contributed by atoms with Crippen LogP contribution in [-0.4, -0.2) is 29.2 Å². The molecule has 0 spiro atoms. The maximum atomic E-state index is 11.8. The van der Waals surface area contributed by atoms with Gasteiger partial charge in [-0.15, -0.1) is 0 Å². The standard InChI is InChI=1S/C12H20N2O3/c1-7(2)9(15)10(16)14-12(5-6-12)11(17)13-8(3)4/h7-8H,5-6H2,1-4H3,(H,13,17)(H,14,16). The number of nitrogens with one attached hydrogen (secondary N) is 2. The van der Waals surface area contributed by atoms with Gasteiger partial charge in [-0.1, -0.05) is 13.8 Å². The van der Waals surface area contributed by atoms with E-state index in [-0.39, 0.29) is 17.9 Å². The zero-order valence-electron chi connectivity index (χ0n) is 10.8. The summed E-state index contributed by atoms with van der Waals surface area (Å²) >= 11 is 0. The Morgan fingerprint density at radius 2 is 1.59 bits per heavy atom. The lowest BCUT2D eigenvalue weighted by molar-refractivity contribution is -0.141. The van der Waals surface area contributed by atoms with Crippen LogP contribution in [0.4, 0.5) is 0 Å². The molecule has 0 radical (unpaired) electrons. The quantitative estimate of drug-likeness (QED) is 0.682. The molecule has 0 bridgehead atoms. The van der Waals surface area contributed by atoms with Crippen LogP contribution >= 0.6 is 0 Å². The van der Waals surface area contributed by atoms with E-state index < -0.39 is 17.2 Å². The lowest BCUT2D eigenvalue weighted by Gasteiger charge is -2.18. The van der Waals surface area contributed by atoms with Crippen molar-refractivity contribution in [3.05, 3.63) is 0 Å². The second-order valence-electron chi connectivity index (χ2n) is 5.18. The molecule has 0 heterocycles. The summed E-state index contributed by atoms with van der Waals surface area (Å²) in [4.78, 5) is 34.9. The molecule has 0 atom stereocenters. The van der Waals surface area contributed by atoms with Gasteiger partial charge >= 0.3 is 0 Å². The van der Waals surface area contributed by atoms with Crippen molar-refractivity contribution >= 4 is 17.6 Å². The molecular weight excluding hydrogens is 220 g/mol. The van der Waals surface area contributed by atoms with Gasteiger partial charge in [-0.05, 0) is 26.7 Å². The molecule has 0 aromatic heterocycles. The fourth-order valence-corrected chi connectivity index (χ4v) is 1.48. The van der Waals surface area contributed by atoms with Crippen molar-refractivity contribution in [3.8, 4) is 0 Å². The van der Waals surface area contributed by atoms with Crippen molar-refractivity contribution in [2.75, 3.05) is 0 Å². The average Bonchev–Trinajstić information content (AvgIpc) is 2.96. The van der Waals surface area contributed by atoms with E-state index >= 15 is 0 Å². The first-order valence-corrected chi connectivity index (χ1v) is 5.96. The van der Waals surface area contributed by atoms with E-state index in [2.05, 4.69) is 10.6 Å². The van der Waals surface area contributed by atoms with E-state index in [1.807, 2.05) is 13.8 Å². The lowest BCUT2D eigenvalue weighted by Crippen LogP contribution is -2.52. The Morgan fingerprint density at radius 3 is 1.94 bits per heavy atom. The number of hydrogen-bond acceptors (Lipinski definition) is 3. The predicted octanol–water partition coefficient (Wildman–Crippen LogP) is 0.385. The Morgan fingerprint density at radius 1 is 1.06 bits per heavy atom. The number of Topliss-reactive ketones (excluding diaryl/α,β-unsaturated/α-hetero) is 1. The third kappa shape index (κ3) is 3.28. The first-order chi connectivity index (χ1) is 7.78. The summed E-state index contributed by atoms with van der Waals surface area (Å²) in [5.74, 6) is -1.68. The van der Waals surface area contributed by atoms with Crippen LogP contribution in [0.1, 0.15) is 40.5 Å². The van der Waals surface area contributed by atoms with Crippen molar-refractivity contribution < 1.29 is 14.4 Å². The Labute approximate surface area is 101 Å². The van der Waals surface area contributed by atoms with Crippen LogP contribution < -0.4 is 10.6 Å². The smallest absolute Gasteiger partial charge is 0.288 e. The van der Waals surface area contributed by atoms with Gasteiger partial charge < -0.3 is 10.6 Å². The van der Waals surface area contributed by atoms with Crippen LogP contribution in [0, 0.1) is 5.92 Å². The van der Waals surface area contributed by atoms with E-state index in [4.69, 9.17) is 0 Å². The van der Waals surface area contributed by atoms with E-state index in [0.29, 0.717) is 12.8 Å². The van der Waals surface area contributed by atoms with E-state index in [9.17, 15) is 14.4 Å². The molecule has 0 aliphatic heterocycles. The van der Waals surface area contributed by atoms with Crippen molar-refractivity contribution in [1.82, 2.24) is 10.6 Å². The number of ketones is 1. The highest BCUT2D eigenvalue weighted by atomic mass is 16.2. The summed E-state index contributed by atoms with van der Waals surface area (Å²) < 4.78 is 0. The van der Waals surface area contributed by atoms with Gasteiger partial charge in [0.1, 0.15) is 5.54 Å². The molecule has 1 rings (SSSR count). The topological polar surface area (TPSA) is 75.3 Å². The molecule has 0 aromatic rings. The largest absolute Gasteiger partial charge is 0.352 e. The highest BCUT2D eigenvalue weighted by Gasteiger charge is 2.51. The minimum atomic E-state index is -0.841. The number of carbonyl (C=O) groups excluding carboxylic acids is 3. The minimum absolute atomic E-state index is 0.0256. The Balaban J connectivity index is 2.59. The number of rotatable bonds is 5. The Hall–Kier alpha value is -1.39. The van der Waals surface area contributed by atoms with E-state index in [1.165, 1.54) is 0 Å². The summed E-state index contributed by atoms with van der Waals surface area (Å²) in [6.45, 7) is 7.04. The van der Waals surface area contributed by atoms with Gasteiger partial charge in [0.15, 0.2) is 0 Å². The third-order valence-corrected chi connectivity index (χ3v) is 2.71. The molecule has 0 unspecified atom stereocenters. The summed E-state index contributed by atoms with van der Waals surface area (Å²) in [5, 5.41) is 5.31. The van der Waals surface area contributed by atoms with Crippen molar-refractivity contribution in [3.63, 3.8) is 0 Å². The van der Waals surface area contributed by atoms with Crippen molar-refractivity contribution in [2.45, 2.75) is 52.1 Å². The molecule has 1 aliphatic rings. The van der Waals surface area contributed by atoms with Crippen LogP contribution in [0.2, 0.25) is 0 Å². The molecule has 1 saturated carbocycles. The second-order valence-corrected chi connectivity index (χ2v) is 5.18. The summed E-state index contributed by atoms with van der Waals surface area (Å²) in [6, 6.07) is 0.0256. The number of hydrogen-bond donors (Lipinski definition) is 2. The lowest BCUT2D eigenvalue weighted by atomic mass is 10.1. The van der Waals surface area contributed by atoms with Gasteiger partial charge in [0.25, 0.3) is 5.91 Å². The number of amides is 2. The second kappa shape index (κ2) is 4.85.